The number of nitrogens with two attached hydrogens (primary N) is 1. The summed E-state index contributed by atoms with van der Waals surface area (Å²) in [6.07, 6.45) is 0. The van der Waals surface area contributed by atoms with E-state index in [4.69, 9.17) is 22.1 Å². The molecule has 0 amide bonds. The van der Waals surface area contributed by atoms with Crippen LogP contribution in [0.4, 0.5) is 0 Å². The zero-order valence-corrected chi connectivity index (χ0v) is 8.85. The molecular formula is C10H14ClNO. The van der Waals surface area contributed by atoms with E-state index in [0.717, 1.165) is 21.9 Å². The number of methoxy groups -OCH3 is 1. The highest BCUT2D eigenvalue weighted by molar-refractivity contribution is 6.32. The predicted octanol–water partition coefficient (Wildman–Crippen LogP) is 2.68. The molecule has 0 aliphatic heterocycles. The number of hydrogen-bond donors (Lipinski definition) is 1. The van der Waals surface area contributed by atoms with Gasteiger partial charge in [0, 0.05) is 11.1 Å². The van der Waals surface area contributed by atoms with Crippen molar-refractivity contribution in [2.75, 3.05) is 7.11 Å². The molecule has 72 valence electrons. The Hall–Kier alpha value is -0.730. The van der Waals surface area contributed by atoms with E-state index in [1.807, 2.05) is 26.0 Å². The first-order valence-corrected chi connectivity index (χ1v) is 4.53. The van der Waals surface area contributed by atoms with E-state index in [1.54, 1.807) is 7.11 Å². The van der Waals surface area contributed by atoms with Crippen LogP contribution in [0.3, 0.4) is 0 Å². The first-order chi connectivity index (χ1) is 6.06. The molecule has 0 aliphatic carbocycles. The van der Waals surface area contributed by atoms with Crippen molar-refractivity contribution < 1.29 is 4.74 Å². The van der Waals surface area contributed by atoms with Crippen LogP contribution in [0.15, 0.2) is 12.1 Å². The Morgan fingerprint density at radius 2 is 2.08 bits per heavy atom. The second-order valence-corrected chi connectivity index (χ2v) is 3.51. The molecular weight excluding hydrogens is 186 g/mol. The summed E-state index contributed by atoms with van der Waals surface area (Å²) in [4.78, 5) is 0. The summed E-state index contributed by atoms with van der Waals surface area (Å²) < 4.78 is 5.13. The molecule has 0 fully saturated rings. The first kappa shape index (κ1) is 10.4. The molecule has 0 spiro atoms. The van der Waals surface area contributed by atoms with E-state index in [0.29, 0.717) is 0 Å². The minimum atomic E-state index is -0.0682. The molecule has 0 heterocycles. The Bertz CT molecular complexity index is 310. The zero-order chi connectivity index (χ0) is 10.0. The van der Waals surface area contributed by atoms with Gasteiger partial charge in [-0.15, -0.1) is 0 Å². The van der Waals surface area contributed by atoms with Crippen molar-refractivity contribution in [3.05, 3.63) is 28.3 Å². The fourth-order valence-electron chi connectivity index (χ4n) is 1.21. The third-order valence-corrected chi connectivity index (χ3v) is 2.50. The van der Waals surface area contributed by atoms with E-state index in [-0.39, 0.29) is 6.04 Å². The maximum Gasteiger partial charge on any atom is 0.119 e. The second-order valence-electron chi connectivity index (χ2n) is 3.14. The van der Waals surface area contributed by atoms with Crippen LogP contribution in [0.5, 0.6) is 5.75 Å². The summed E-state index contributed by atoms with van der Waals surface area (Å²) in [6.45, 7) is 3.84. The lowest BCUT2D eigenvalue weighted by Gasteiger charge is -2.12. The molecule has 0 aliphatic rings. The molecule has 0 saturated heterocycles. The first-order valence-electron chi connectivity index (χ1n) is 4.16. The van der Waals surface area contributed by atoms with Gasteiger partial charge in [0.2, 0.25) is 0 Å². The lowest BCUT2D eigenvalue weighted by atomic mass is 10.1. The summed E-state index contributed by atoms with van der Waals surface area (Å²) in [5.74, 6) is 0.800. The monoisotopic (exact) mass is 199 g/mol. The molecule has 0 aromatic heterocycles. The molecule has 0 saturated carbocycles. The normalized spacial score (nSPS) is 12.7. The maximum atomic E-state index is 6.08. The van der Waals surface area contributed by atoms with E-state index in [2.05, 4.69) is 0 Å². The third-order valence-electron chi connectivity index (χ3n) is 1.98. The molecule has 13 heavy (non-hydrogen) atoms. The van der Waals surface area contributed by atoms with Crippen molar-refractivity contribution in [2.24, 2.45) is 5.73 Å². The number of benzene rings is 1. The van der Waals surface area contributed by atoms with Crippen molar-refractivity contribution in [3.63, 3.8) is 0 Å². The highest BCUT2D eigenvalue weighted by Crippen LogP contribution is 2.29. The van der Waals surface area contributed by atoms with Crippen LogP contribution in [0.1, 0.15) is 24.1 Å². The Kier molecular flexibility index (Phi) is 3.17. The van der Waals surface area contributed by atoms with Gasteiger partial charge in [-0.1, -0.05) is 11.6 Å². The molecule has 2 N–H and O–H groups in total. The van der Waals surface area contributed by atoms with Crippen LogP contribution < -0.4 is 10.5 Å². The lowest BCUT2D eigenvalue weighted by Crippen LogP contribution is -2.06. The second kappa shape index (κ2) is 3.99. The number of halogens is 1. The molecule has 1 rings (SSSR count). The molecule has 1 unspecified atom stereocenters. The number of aryl methyl sites for hydroxylation is 1. The minimum Gasteiger partial charge on any atom is -0.497 e. The van der Waals surface area contributed by atoms with Gasteiger partial charge in [-0.2, -0.15) is 0 Å². The van der Waals surface area contributed by atoms with E-state index >= 15 is 0 Å². The van der Waals surface area contributed by atoms with E-state index < -0.39 is 0 Å². The number of hydrogen-bond acceptors (Lipinski definition) is 2. The Balaban J connectivity index is 3.25. The van der Waals surface area contributed by atoms with Crippen LogP contribution in [0.25, 0.3) is 0 Å². The summed E-state index contributed by atoms with van der Waals surface area (Å²) in [5.41, 5.74) is 7.69. The molecule has 0 bridgehead atoms. The van der Waals surface area contributed by atoms with Crippen LogP contribution in [0.2, 0.25) is 5.02 Å². The molecule has 2 nitrogen and oxygen atoms in total. The van der Waals surface area contributed by atoms with Gasteiger partial charge < -0.3 is 10.5 Å². The maximum absolute atomic E-state index is 6.08. The van der Waals surface area contributed by atoms with Gasteiger partial charge in [-0.05, 0) is 37.1 Å². The molecule has 1 atom stereocenters. The average Bonchev–Trinajstić information content (AvgIpc) is 2.09. The van der Waals surface area contributed by atoms with Crippen LogP contribution in [0, 0.1) is 6.92 Å². The van der Waals surface area contributed by atoms with Crippen molar-refractivity contribution in [2.45, 2.75) is 19.9 Å². The van der Waals surface area contributed by atoms with Crippen LogP contribution in [-0.2, 0) is 0 Å². The van der Waals surface area contributed by atoms with Gasteiger partial charge in [0.15, 0.2) is 0 Å². The van der Waals surface area contributed by atoms with Crippen molar-refractivity contribution in [1.82, 2.24) is 0 Å². The van der Waals surface area contributed by atoms with E-state index in [1.165, 1.54) is 0 Å². The van der Waals surface area contributed by atoms with Gasteiger partial charge in [-0.3, -0.25) is 0 Å². The highest BCUT2D eigenvalue weighted by atomic mass is 35.5. The van der Waals surface area contributed by atoms with Crippen molar-refractivity contribution >= 4 is 11.6 Å². The van der Waals surface area contributed by atoms with Crippen molar-refractivity contribution in [3.8, 4) is 5.75 Å². The fraction of sp³-hybridized carbons (Fsp3) is 0.400. The smallest absolute Gasteiger partial charge is 0.119 e. The number of rotatable bonds is 2. The Labute approximate surface area is 83.6 Å². The number of ether oxygens (including phenoxy) is 1. The van der Waals surface area contributed by atoms with Gasteiger partial charge in [0.05, 0.1) is 7.11 Å². The van der Waals surface area contributed by atoms with Gasteiger partial charge in [0.1, 0.15) is 5.75 Å². The quantitative estimate of drug-likeness (QED) is 0.795. The Morgan fingerprint density at radius 3 is 2.54 bits per heavy atom. The standard InChI is InChI=1S/C10H14ClNO/c1-6-4-8(13-3)5-9(7(2)12)10(6)11/h4-5,7H,12H2,1-3H3. The largest absolute Gasteiger partial charge is 0.497 e. The Morgan fingerprint density at radius 1 is 1.46 bits per heavy atom. The predicted molar refractivity (Wildman–Crippen MR) is 55.3 cm³/mol. The highest BCUT2D eigenvalue weighted by Gasteiger charge is 2.09. The van der Waals surface area contributed by atoms with Crippen LogP contribution in [-0.4, -0.2) is 7.11 Å². The SMILES string of the molecule is COc1cc(C)c(Cl)c(C(C)N)c1. The van der Waals surface area contributed by atoms with Crippen LogP contribution >= 0.6 is 11.6 Å². The topological polar surface area (TPSA) is 35.2 Å². The fourth-order valence-corrected chi connectivity index (χ4v) is 1.49. The third kappa shape index (κ3) is 2.14. The summed E-state index contributed by atoms with van der Waals surface area (Å²) >= 11 is 6.08. The minimum absolute atomic E-state index is 0.0682. The average molecular weight is 200 g/mol. The lowest BCUT2D eigenvalue weighted by molar-refractivity contribution is 0.413. The summed E-state index contributed by atoms with van der Waals surface area (Å²) in [5, 5.41) is 0.732. The molecule has 3 heteroatoms. The van der Waals surface area contributed by atoms with Gasteiger partial charge >= 0.3 is 0 Å². The van der Waals surface area contributed by atoms with Gasteiger partial charge in [0.25, 0.3) is 0 Å². The van der Waals surface area contributed by atoms with Gasteiger partial charge in [-0.25, -0.2) is 0 Å². The molecule has 0 radical (unpaired) electrons. The molecule has 1 aromatic carbocycles. The summed E-state index contributed by atoms with van der Waals surface area (Å²) in [6, 6.07) is 3.70. The molecule has 1 aromatic rings. The van der Waals surface area contributed by atoms with Crippen molar-refractivity contribution in [1.29, 1.82) is 0 Å². The van der Waals surface area contributed by atoms with E-state index in [9.17, 15) is 0 Å². The zero-order valence-electron chi connectivity index (χ0n) is 8.10. The summed E-state index contributed by atoms with van der Waals surface area (Å²) in [7, 11) is 1.63.